The van der Waals surface area contributed by atoms with Crippen LogP contribution in [-0.2, 0) is 32.6 Å². The Hall–Kier alpha value is -4.14. The molecule has 0 aliphatic heterocycles. The minimum absolute atomic E-state index is 0.0550. The van der Waals surface area contributed by atoms with Gasteiger partial charge in [0.15, 0.2) is 0 Å². The number of amides is 2. The minimum Gasteiger partial charge on any atom is -0.354 e. The molecule has 1 atom stereocenters. The Morgan fingerprint density at radius 2 is 1.49 bits per heavy atom. The fourth-order valence-electron chi connectivity index (χ4n) is 5.00. The summed E-state index contributed by atoms with van der Waals surface area (Å²) in [6.07, 6.45) is 1.97. The summed E-state index contributed by atoms with van der Waals surface area (Å²) in [5.41, 5.74) is 3.91. The lowest BCUT2D eigenvalue weighted by Crippen LogP contribution is -2.53. The van der Waals surface area contributed by atoms with E-state index >= 15 is 0 Å². The number of unbranched alkanes of at least 4 members (excludes halogenated alkanes) is 1. The first-order valence-corrected chi connectivity index (χ1v) is 16.9. The van der Waals surface area contributed by atoms with Crippen molar-refractivity contribution in [2.45, 2.75) is 57.5 Å². The number of anilines is 1. The van der Waals surface area contributed by atoms with Crippen LogP contribution < -0.4 is 9.62 Å². The van der Waals surface area contributed by atoms with Crippen LogP contribution in [0.3, 0.4) is 0 Å². The molecule has 0 saturated heterocycles. The second kappa shape index (κ2) is 15.7. The molecule has 0 radical (unpaired) electrons. The van der Waals surface area contributed by atoms with Crippen LogP contribution in [0.15, 0.2) is 108 Å². The van der Waals surface area contributed by atoms with Crippen molar-refractivity contribution in [3.05, 3.63) is 130 Å². The molecule has 4 aromatic rings. The van der Waals surface area contributed by atoms with E-state index < -0.39 is 28.5 Å². The van der Waals surface area contributed by atoms with Gasteiger partial charge in [0.2, 0.25) is 11.8 Å². The van der Waals surface area contributed by atoms with Gasteiger partial charge in [-0.05, 0) is 73.4 Å². The molecule has 9 heteroatoms. The van der Waals surface area contributed by atoms with Gasteiger partial charge in [0.1, 0.15) is 12.6 Å². The number of benzene rings is 4. The summed E-state index contributed by atoms with van der Waals surface area (Å²) in [5, 5.41) is 3.45. The highest BCUT2D eigenvalue weighted by Gasteiger charge is 2.34. The number of carbonyl (C=O) groups is 2. The molecule has 0 unspecified atom stereocenters. The molecule has 7 nitrogen and oxygen atoms in total. The van der Waals surface area contributed by atoms with Crippen molar-refractivity contribution in [1.29, 1.82) is 0 Å². The molecule has 0 aromatic heterocycles. The third-order valence-electron chi connectivity index (χ3n) is 7.71. The van der Waals surface area contributed by atoms with E-state index in [0.717, 1.165) is 39.4 Å². The summed E-state index contributed by atoms with van der Waals surface area (Å²) >= 11 is 6.14. The van der Waals surface area contributed by atoms with Gasteiger partial charge in [-0.1, -0.05) is 97.2 Å². The first-order valence-electron chi connectivity index (χ1n) is 15.1. The molecule has 0 saturated carbocycles. The highest BCUT2D eigenvalue weighted by molar-refractivity contribution is 7.92. The van der Waals surface area contributed by atoms with Crippen molar-refractivity contribution in [3.63, 3.8) is 0 Å². The van der Waals surface area contributed by atoms with Crippen molar-refractivity contribution < 1.29 is 18.0 Å². The Morgan fingerprint density at radius 1 is 0.844 bits per heavy atom. The standard InChI is InChI=1S/C36H40ClN3O4S/c1-4-5-23-38-36(42)34(24-29-12-7-6-8-13-29)39(25-30-14-10-9-11-28(30)3)35(41)26-40(32-19-17-31(37)18-20-32)45(43,44)33-21-15-27(2)16-22-33/h6-22,34H,4-5,23-26H2,1-3H3,(H,38,42)/t34-/m1/s1. The Bertz CT molecular complexity index is 1680. The number of rotatable bonds is 14. The summed E-state index contributed by atoms with van der Waals surface area (Å²) in [5.74, 6) is -0.788. The van der Waals surface area contributed by atoms with Crippen LogP contribution in [0, 0.1) is 13.8 Å². The van der Waals surface area contributed by atoms with Crippen molar-refractivity contribution >= 4 is 39.1 Å². The van der Waals surface area contributed by atoms with Crippen LogP contribution in [0.5, 0.6) is 0 Å². The van der Waals surface area contributed by atoms with Gasteiger partial charge < -0.3 is 10.2 Å². The van der Waals surface area contributed by atoms with E-state index in [4.69, 9.17) is 11.6 Å². The maximum absolute atomic E-state index is 14.5. The maximum Gasteiger partial charge on any atom is 0.264 e. The van der Waals surface area contributed by atoms with Gasteiger partial charge in [-0.25, -0.2) is 8.42 Å². The summed E-state index contributed by atoms with van der Waals surface area (Å²) in [6, 6.07) is 29.1. The monoisotopic (exact) mass is 645 g/mol. The Morgan fingerprint density at radius 3 is 2.13 bits per heavy atom. The quantitative estimate of drug-likeness (QED) is 0.155. The van der Waals surface area contributed by atoms with Crippen LogP contribution in [0.1, 0.15) is 42.0 Å². The third kappa shape index (κ3) is 8.96. The molecular weight excluding hydrogens is 606 g/mol. The molecule has 2 amide bonds. The van der Waals surface area contributed by atoms with Crippen LogP contribution in [0.2, 0.25) is 5.02 Å². The number of nitrogens with zero attached hydrogens (tertiary/aromatic N) is 2. The van der Waals surface area contributed by atoms with Gasteiger partial charge in [-0.15, -0.1) is 0 Å². The molecule has 236 valence electrons. The number of sulfonamides is 1. The Kier molecular flexibility index (Phi) is 11.8. The smallest absolute Gasteiger partial charge is 0.264 e. The van der Waals surface area contributed by atoms with Crippen LogP contribution >= 0.6 is 11.6 Å². The van der Waals surface area contributed by atoms with Gasteiger partial charge >= 0.3 is 0 Å². The van der Waals surface area contributed by atoms with Gasteiger partial charge in [-0.3, -0.25) is 13.9 Å². The zero-order valence-corrected chi connectivity index (χ0v) is 27.5. The van der Waals surface area contributed by atoms with Gasteiger partial charge in [-0.2, -0.15) is 0 Å². The van der Waals surface area contributed by atoms with Crippen molar-refractivity contribution in [2.24, 2.45) is 0 Å². The second-order valence-electron chi connectivity index (χ2n) is 11.1. The zero-order valence-electron chi connectivity index (χ0n) is 25.9. The lowest BCUT2D eigenvalue weighted by molar-refractivity contribution is -0.140. The molecular formula is C36H40ClN3O4S. The van der Waals surface area contributed by atoms with Gasteiger partial charge in [0.25, 0.3) is 10.0 Å². The van der Waals surface area contributed by atoms with Crippen LogP contribution in [0.4, 0.5) is 5.69 Å². The number of carbonyl (C=O) groups excluding carboxylic acids is 2. The van der Waals surface area contributed by atoms with E-state index in [9.17, 15) is 18.0 Å². The zero-order chi connectivity index (χ0) is 32.4. The van der Waals surface area contributed by atoms with Gasteiger partial charge in [0, 0.05) is 24.5 Å². The van der Waals surface area contributed by atoms with Gasteiger partial charge in [0.05, 0.1) is 10.6 Å². The minimum atomic E-state index is -4.17. The lowest BCUT2D eigenvalue weighted by Gasteiger charge is -2.34. The van der Waals surface area contributed by atoms with Crippen molar-refractivity contribution in [3.8, 4) is 0 Å². The van der Waals surface area contributed by atoms with E-state index in [1.807, 2.05) is 75.4 Å². The summed E-state index contributed by atoms with van der Waals surface area (Å²) in [6.45, 7) is 5.96. The average Bonchev–Trinajstić information content (AvgIpc) is 3.03. The highest BCUT2D eigenvalue weighted by atomic mass is 35.5. The predicted octanol–water partition coefficient (Wildman–Crippen LogP) is 6.71. The average molecular weight is 646 g/mol. The first kappa shape index (κ1) is 33.7. The highest BCUT2D eigenvalue weighted by Crippen LogP contribution is 2.27. The number of nitrogens with one attached hydrogen (secondary N) is 1. The fourth-order valence-corrected chi connectivity index (χ4v) is 6.54. The Balaban J connectivity index is 1.79. The number of hydrogen-bond donors (Lipinski definition) is 1. The van der Waals surface area contributed by atoms with Crippen molar-refractivity contribution in [2.75, 3.05) is 17.4 Å². The number of aryl methyl sites for hydroxylation is 2. The molecule has 0 aliphatic rings. The summed E-state index contributed by atoms with van der Waals surface area (Å²) < 4.78 is 29.3. The summed E-state index contributed by atoms with van der Waals surface area (Å²) in [4.78, 5) is 29.9. The molecule has 45 heavy (non-hydrogen) atoms. The lowest BCUT2D eigenvalue weighted by atomic mass is 10.0. The SMILES string of the molecule is CCCCNC(=O)[C@@H](Cc1ccccc1)N(Cc1ccccc1C)C(=O)CN(c1ccc(Cl)cc1)S(=O)(=O)c1ccc(C)cc1. The van der Waals surface area contributed by atoms with Crippen LogP contribution in [0.25, 0.3) is 0 Å². The maximum atomic E-state index is 14.5. The Labute approximate surface area is 271 Å². The van der Waals surface area contributed by atoms with E-state index in [1.165, 1.54) is 17.0 Å². The molecule has 0 bridgehead atoms. The molecule has 0 heterocycles. The van der Waals surface area contributed by atoms with E-state index in [-0.39, 0.29) is 29.5 Å². The molecule has 0 spiro atoms. The predicted molar refractivity (Wildman–Crippen MR) is 181 cm³/mol. The first-order chi connectivity index (χ1) is 21.6. The van der Waals surface area contributed by atoms with Crippen molar-refractivity contribution in [1.82, 2.24) is 10.2 Å². The largest absolute Gasteiger partial charge is 0.354 e. The second-order valence-corrected chi connectivity index (χ2v) is 13.4. The summed E-state index contributed by atoms with van der Waals surface area (Å²) in [7, 11) is -4.17. The van der Waals surface area contributed by atoms with E-state index in [0.29, 0.717) is 11.6 Å². The number of hydrogen-bond acceptors (Lipinski definition) is 4. The number of halogens is 1. The molecule has 4 aromatic carbocycles. The molecule has 4 rings (SSSR count). The van der Waals surface area contributed by atoms with Crippen LogP contribution in [-0.4, -0.2) is 44.3 Å². The molecule has 1 N–H and O–H groups in total. The normalized spacial score (nSPS) is 11.9. The topological polar surface area (TPSA) is 86.8 Å². The molecule has 0 aliphatic carbocycles. The molecule has 0 fully saturated rings. The fraction of sp³-hybridized carbons (Fsp3) is 0.278. The van der Waals surface area contributed by atoms with E-state index in [1.54, 1.807) is 36.4 Å². The van der Waals surface area contributed by atoms with E-state index in [2.05, 4.69) is 5.32 Å². The third-order valence-corrected chi connectivity index (χ3v) is 9.75.